The van der Waals surface area contributed by atoms with E-state index < -0.39 is 9.05 Å². The maximum absolute atomic E-state index is 9.87. The zero-order valence-corrected chi connectivity index (χ0v) is 16.0. The van der Waals surface area contributed by atoms with E-state index in [9.17, 15) is 14.4 Å². The van der Waals surface area contributed by atoms with E-state index in [1.807, 2.05) is 6.92 Å². The van der Waals surface area contributed by atoms with Crippen molar-refractivity contribution in [2.45, 2.75) is 26.2 Å². The molecule has 4 nitrogen and oxygen atoms in total. The molecule has 0 atom stereocenters. The van der Waals surface area contributed by atoms with Crippen molar-refractivity contribution in [2.75, 3.05) is 6.61 Å². The Morgan fingerprint density at radius 3 is 1.77 bits per heavy atom. The summed E-state index contributed by atoms with van der Waals surface area (Å²) < 4.78 is 4.00. The molecule has 0 saturated heterocycles. The molecule has 0 unspecified atom stereocenters. The van der Waals surface area contributed by atoms with Crippen molar-refractivity contribution in [1.29, 1.82) is 0 Å². The minimum atomic E-state index is -4.96. The van der Waals surface area contributed by atoms with Crippen molar-refractivity contribution in [3.05, 3.63) is 0 Å². The molecule has 0 aromatic rings. The topological polar surface area (TPSA) is 78.4 Å². The third kappa shape index (κ3) is 25.4. The first-order chi connectivity index (χ1) is 4.56. The second kappa shape index (κ2) is 15.1. The standard InChI is InChI=1S/C5H11O4Si.3Na/c1-2-3-4-5-9-10(6,7)8;;;/h2-5H2,1H3;;;/q-3;3*+1. The van der Waals surface area contributed by atoms with Gasteiger partial charge >= 0.3 is 88.7 Å². The van der Waals surface area contributed by atoms with E-state index in [0.717, 1.165) is 12.8 Å². The summed E-state index contributed by atoms with van der Waals surface area (Å²) in [6.45, 7) is 2.02. The summed E-state index contributed by atoms with van der Waals surface area (Å²) in [6.07, 6.45) is 2.51. The molecule has 0 aromatic carbocycles. The van der Waals surface area contributed by atoms with Gasteiger partial charge in [0.25, 0.3) is 0 Å². The molecule has 0 spiro atoms. The van der Waals surface area contributed by atoms with E-state index in [0.29, 0.717) is 6.42 Å². The molecule has 62 valence electrons. The summed E-state index contributed by atoms with van der Waals surface area (Å²) in [5.41, 5.74) is 0. The van der Waals surface area contributed by atoms with Crippen LogP contribution in [0, 0.1) is 0 Å². The maximum Gasteiger partial charge on any atom is 1.00 e. The van der Waals surface area contributed by atoms with Gasteiger partial charge in [0.1, 0.15) is 0 Å². The van der Waals surface area contributed by atoms with Gasteiger partial charge < -0.3 is 18.8 Å². The Labute approximate surface area is 147 Å². The molecule has 0 rings (SSSR count). The molecular weight excluding hydrogens is 221 g/mol. The molecule has 8 heteroatoms. The Bertz CT molecular complexity index is 90.3. The van der Waals surface area contributed by atoms with E-state index in [2.05, 4.69) is 4.43 Å². The van der Waals surface area contributed by atoms with Crippen molar-refractivity contribution < 1.29 is 107 Å². The van der Waals surface area contributed by atoms with Gasteiger partial charge in [0.15, 0.2) is 0 Å². The molecule has 13 heavy (non-hydrogen) atoms. The summed E-state index contributed by atoms with van der Waals surface area (Å²) in [6, 6.07) is 0. The van der Waals surface area contributed by atoms with Crippen LogP contribution in [0.2, 0.25) is 0 Å². The van der Waals surface area contributed by atoms with E-state index in [-0.39, 0.29) is 95.3 Å². The van der Waals surface area contributed by atoms with E-state index in [1.165, 1.54) is 0 Å². The third-order valence-electron chi connectivity index (χ3n) is 1.03. The monoisotopic (exact) mass is 232 g/mol. The molecule has 0 aromatic heterocycles. The normalized spacial score (nSPS) is 9.23. The Balaban J connectivity index is -0.000000135. The number of rotatable bonds is 5. The van der Waals surface area contributed by atoms with E-state index in [1.54, 1.807) is 0 Å². The van der Waals surface area contributed by atoms with Crippen LogP contribution in [-0.2, 0) is 4.43 Å². The summed E-state index contributed by atoms with van der Waals surface area (Å²) >= 11 is 0. The molecule has 0 aliphatic heterocycles. The van der Waals surface area contributed by atoms with Crippen LogP contribution in [-0.4, -0.2) is 15.7 Å². The van der Waals surface area contributed by atoms with E-state index >= 15 is 0 Å². The zero-order valence-electron chi connectivity index (χ0n) is 8.96. The smallest absolute Gasteiger partial charge is 0.861 e. The van der Waals surface area contributed by atoms with E-state index in [4.69, 9.17) is 0 Å². The van der Waals surface area contributed by atoms with Gasteiger partial charge in [-0.1, -0.05) is 19.8 Å². The van der Waals surface area contributed by atoms with Crippen LogP contribution in [0.25, 0.3) is 0 Å². The van der Waals surface area contributed by atoms with Crippen LogP contribution in [0.4, 0.5) is 0 Å². The SMILES string of the molecule is CCCCCO[Si]([O-])([O-])[O-].[Na+].[Na+].[Na+]. The van der Waals surface area contributed by atoms with Crippen LogP contribution >= 0.6 is 0 Å². The minimum absolute atomic E-state index is 0. The van der Waals surface area contributed by atoms with Crippen molar-refractivity contribution in [1.82, 2.24) is 0 Å². The fraction of sp³-hybridized carbons (Fsp3) is 1.00. The average Bonchev–Trinajstić information content (AvgIpc) is 1.78. The molecule has 0 fully saturated rings. The first kappa shape index (κ1) is 25.0. The van der Waals surface area contributed by atoms with Gasteiger partial charge in [-0.05, 0) is 6.42 Å². The molecule has 0 N–H and O–H groups in total. The van der Waals surface area contributed by atoms with Crippen LogP contribution < -0.4 is 103 Å². The summed E-state index contributed by atoms with van der Waals surface area (Å²) in [5.74, 6) is 0. The van der Waals surface area contributed by atoms with Gasteiger partial charge in [0.2, 0.25) is 0 Å². The second-order valence-electron chi connectivity index (χ2n) is 2.06. The maximum atomic E-state index is 9.87. The van der Waals surface area contributed by atoms with Crippen LogP contribution in [0.1, 0.15) is 26.2 Å². The predicted molar refractivity (Wildman–Crippen MR) is 31.2 cm³/mol. The number of hydrogen-bond acceptors (Lipinski definition) is 4. The zero-order chi connectivity index (χ0) is 8.04. The fourth-order valence-corrected chi connectivity index (χ4v) is 0.944. The van der Waals surface area contributed by atoms with Crippen LogP contribution in [0.15, 0.2) is 0 Å². The van der Waals surface area contributed by atoms with Gasteiger partial charge in [0, 0.05) is 6.61 Å². The van der Waals surface area contributed by atoms with Gasteiger partial charge in [-0.25, -0.2) is 0 Å². The molecule has 0 amide bonds. The molecule has 0 radical (unpaired) electrons. The second-order valence-corrected chi connectivity index (χ2v) is 3.34. The van der Waals surface area contributed by atoms with Crippen molar-refractivity contribution in [3.63, 3.8) is 0 Å². The summed E-state index contributed by atoms with van der Waals surface area (Å²) in [7, 11) is -4.96. The number of unbranched alkanes of at least 4 members (excludes halogenated alkanes) is 2. The quantitative estimate of drug-likeness (QED) is 0.348. The molecular formula is C5H11Na3O4Si. The summed E-state index contributed by atoms with van der Waals surface area (Å²) in [4.78, 5) is 29.6. The fourth-order valence-electron chi connectivity index (χ4n) is 0.549. The Kier molecular flexibility index (Phi) is 29.0. The van der Waals surface area contributed by atoms with Crippen molar-refractivity contribution in [3.8, 4) is 0 Å². The summed E-state index contributed by atoms with van der Waals surface area (Å²) in [5, 5.41) is 0. The van der Waals surface area contributed by atoms with Crippen molar-refractivity contribution >= 4 is 9.05 Å². The molecule has 0 bridgehead atoms. The van der Waals surface area contributed by atoms with Crippen LogP contribution in [0.3, 0.4) is 0 Å². The van der Waals surface area contributed by atoms with Gasteiger partial charge in [0.05, 0.1) is 0 Å². The molecule has 0 aliphatic rings. The first-order valence-corrected chi connectivity index (χ1v) is 4.95. The van der Waals surface area contributed by atoms with Gasteiger partial charge in [-0.2, -0.15) is 0 Å². The molecule has 0 heterocycles. The average molecular weight is 232 g/mol. The third-order valence-corrected chi connectivity index (χ3v) is 1.58. The Hall–Kier alpha value is 3.06. The molecule has 0 saturated carbocycles. The van der Waals surface area contributed by atoms with Crippen LogP contribution in [0.5, 0.6) is 0 Å². The van der Waals surface area contributed by atoms with Gasteiger partial charge in [-0.15, -0.1) is 9.05 Å². The Morgan fingerprint density at radius 1 is 1.00 bits per heavy atom. The first-order valence-electron chi connectivity index (χ1n) is 3.31. The Morgan fingerprint density at radius 2 is 1.46 bits per heavy atom. The predicted octanol–water partition coefficient (Wildman–Crippen LogP) is -11.3. The number of hydrogen-bond donors (Lipinski definition) is 0. The van der Waals surface area contributed by atoms with Gasteiger partial charge in [-0.3, -0.25) is 0 Å². The van der Waals surface area contributed by atoms with Crippen molar-refractivity contribution in [2.24, 2.45) is 0 Å². The largest absolute Gasteiger partial charge is 1.00 e. The minimum Gasteiger partial charge on any atom is -0.861 e. The molecule has 0 aliphatic carbocycles.